The van der Waals surface area contributed by atoms with Crippen molar-refractivity contribution in [2.24, 2.45) is 0 Å². The molecule has 0 aromatic carbocycles. The van der Waals surface area contributed by atoms with Crippen molar-refractivity contribution in [2.75, 3.05) is 14.2 Å². The molecule has 0 aliphatic heterocycles. The van der Waals surface area contributed by atoms with Crippen LogP contribution in [0.25, 0.3) is 0 Å². The van der Waals surface area contributed by atoms with Crippen LogP contribution in [-0.2, 0) is 28.6 Å². The third kappa shape index (κ3) is 2.66. The molecule has 4 heteroatoms. The number of rotatable bonds is 2. The second-order valence-electron chi connectivity index (χ2n) is 0.658. The first-order chi connectivity index (χ1) is 2.81. The van der Waals surface area contributed by atoms with Crippen molar-refractivity contribution < 1.29 is 28.6 Å². The Morgan fingerprint density at radius 1 is 1.33 bits per heavy atom. The first kappa shape index (κ1) is 6.43. The van der Waals surface area contributed by atoms with Gasteiger partial charge >= 0.3 is 42.8 Å². The molecule has 0 fully saturated rings. The average molecular weight is 126 g/mol. The molecule has 0 heterocycles. The Bertz CT molecular complexity index is 46.8. The van der Waals surface area contributed by atoms with E-state index in [9.17, 15) is 3.32 Å². The topological polar surface area (TPSA) is 35.5 Å². The van der Waals surface area contributed by atoms with Gasteiger partial charge in [0.1, 0.15) is 0 Å². The van der Waals surface area contributed by atoms with Gasteiger partial charge in [0.05, 0.1) is 0 Å². The van der Waals surface area contributed by atoms with E-state index in [0.717, 1.165) is 0 Å². The summed E-state index contributed by atoms with van der Waals surface area (Å²) >= 11 is -2.63. The first-order valence-electron chi connectivity index (χ1n) is 1.43. The van der Waals surface area contributed by atoms with Crippen LogP contribution in [0.3, 0.4) is 0 Å². The van der Waals surface area contributed by atoms with Crippen molar-refractivity contribution in [3.63, 3.8) is 0 Å². The first-order valence-corrected chi connectivity index (χ1v) is 3.34. The van der Waals surface area contributed by atoms with Gasteiger partial charge in [0, 0.05) is 0 Å². The van der Waals surface area contributed by atoms with Crippen LogP contribution in [0.2, 0.25) is 0 Å². The summed E-state index contributed by atoms with van der Waals surface area (Å²) < 4.78 is 18.6. The van der Waals surface area contributed by atoms with Crippen LogP contribution in [0.5, 0.6) is 0 Å². The zero-order chi connectivity index (χ0) is 4.99. The van der Waals surface area contributed by atoms with Crippen molar-refractivity contribution in [3.8, 4) is 0 Å². The van der Waals surface area contributed by atoms with Gasteiger partial charge in [-0.2, -0.15) is 0 Å². The van der Waals surface area contributed by atoms with Crippen molar-refractivity contribution in [2.45, 2.75) is 0 Å². The molecule has 0 aliphatic rings. The molecule has 36 valence electrons. The molecule has 0 unspecified atom stereocenters. The molecule has 0 N–H and O–H groups in total. The maximum atomic E-state index is 9.99. The van der Waals surface area contributed by atoms with E-state index < -0.39 is 18.6 Å². The zero-order valence-corrected chi connectivity index (χ0v) is 5.29. The Morgan fingerprint density at radius 2 is 1.67 bits per heavy atom. The Labute approximate surface area is 43.4 Å². The number of hydrogen-bond acceptors (Lipinski definition) is 3. The molecule has 0 saturated heterocycles. The van der Waals surface area contributed by atoms with Gasteiger partial charge in [0.2, 0.25) is 0 Å². The predicted molar refractivity (Wildman–Crippen MR) is 14.7 cm³/mol. The van der Waals surface area contributed by atoms with E-state index in [-0.39, 0.29) is 0 Å². The third-order valence-electron chi connectivity index (χ3n) is 0.333. The summed E-state index contributed by atoms with van der Waals surface area (Å²) in [5, 5.41) is 0. The molecule has 3 nitrogen and oxygen atoms in total. The van der Waals surface area contributed by atoms with Gasteiger partial charge in [-0.15, -0.1) is 0 Å². The van der Waals surface area contributed by atoms with Crippen LogP contribution in [-0.4, -0.2) is 14.2 Å². The molecule has 0 rings (SSSR count). The summed E-state index contributed by atoms with van der Waals surface area (Å²) in [6, 6.07) is 0. The fraction of sp³-hybridized carbons (Fsp3) is 1.00. The fourth-order valence-electron chi connectivity index (χ4n) is 0.0833. The van der Waals surface area contributed by atoms with E-state index in [0.29, 0.717) is 0 Å². The Hall–Kier alpha value is 0.434. The molecule has 0 bridgehead atoms. The van der Waals surface area contributed by atoms with Crippen LogP contribution in [0, 0.1) is 0 Å². The molecule has 0 amide bonds. The quantitative estimate of drug-likeness (QED) is 0.491. The maximum absolute atomic E-state index is 9.99. The van der Waals surface area contributed by atoms with Gasteiger partial charge in [0.15, 0.2) is 0 Å². The minimum atomic E-state index is -2.63. The van der Waals surface area contributed by atoms with Crippen molar-refractivity contribution >= 4 is 0 Å². The van der Waals surface area contributed by atoms with E-state index in [4.69, 9.17) is 0 Å². The normalized spacial score (nSPS) is 8.33. The van der Waals surface area contributed by atoms with Crippen molar-refractivity contribution in [3.05, 3.63) is 0 Å². The van der Waals surface area contributed by atoms with Gasteiger partial charge in [-0.1, -0.05) is 0 Å². The summed E-state index contributed by atoms with van der Waals surface area (Å²) in [4.78, 5) is 0. The van der Waals surface area contributed by atoms with Gasteiger partial charge in [-0.25, -0.2) is 0 Å². The van der Waals surface area contributed by atoms with Gasteiger partial charge < -0.3 is 0 Å². The summed E-state index contributed by atoms with van der Waals surface area (Å²) in [5.41, 5.74) is 0. The van der Waals surface area contributed by atoms with Gasteiger partial charge in [0.25, 0.3) is 0 Å². The Kier molecular flexibility index (Phi) is 3.88. The molecule has 0 aromatic rings. The standard InChI is InChI=1S/2CH3O.O.Ti/c2*1-2;;/h2*1H3;;/q2*-1;;+2. The second-order valence-corrected chi connectivity index (χ2v) is 2.71. The van der Waals surface area contributed by atoms with Crippen LogP contribution in [0.15, 0.2) is 0 Å². The Morgan fingerprint density at radius 3 is 1.67 bits per heavy atom. The summed E-state index contributed by atoms with van der Waals surface area (Å²) in [5.74, 6) is 0. The average Bonchev–Trinajstić information content (AvgIpc) is 1.65. The molecule has 0 radical (unpaired) electrons. The van der Waals surface area contributed by atoms with Gasteiger partial charge in [-0.3, -0.25) is 0 Å². The monoisotopic (exact) mass is 126 g/mol. The molecule has 0 spiro atoms. The van der Waals surface area contributed by atoms with Crippen LogP contribution < -0.4 is 0 Å². The third-order valence-corrected chi connectivity index (χ3v) is 1.37. The number of hydrogen-bond donors (Lipinski definition) is 0. The van der Waals surface area contributed by atoms with E-state index in [1.165, 1.54) is 14.2 Å². The molecule has 0 aliphatic carbocycles. The van der Waals surface area contributed by atoms with Crippen molar-refractivity contribution in [1.29, 1.82) is 0 Å². The fourth-order valence-corrected chi connectivity index (χ4v) is 0.344. The SMILES string of the molecule is C[O][Ti](=[O])[O]C. The van der Waals surface area contributed by atoms with E-state index in [2.05, 4.69) is 6.64 Å². The van der Waals surface area contributed by atoms with E-state index in [1.807, 2.05) is 0 Å². The summed E-state index contributed by atoms with van der Waals surface area (Å²) in [6.07, 6.45) is 0. The summed E-state index contributed by atoms with van der Waals surface area (Å²) in [6.45, 7) is 0. The van der Waals surface area contributed by atoms with E-state index in [1.54, 1.807) is 0 Å². The predicted octanol–water partition coefficient (Wildman–Crippen LogP) is 0.0729. The van der Waals surface area contributed by atoms with Crippen LogP contribution in [0.1, 0.15) is 0 Å². The van der Waals surface area contributed by atoms with Crippen LogP contribution in [0.4, 0.5) is 0 Å². The zero-order valence-electron chi connectivity index (χ0n) is 3.72. The molecule has 0 saturated carbocycles. The van der Waals surface area contributed by atoms with Gasteiger partial charge in [-0.05, 0) is 0 Å². The molecule has 0 aromatic heterocycles. The summed E-state index contributed by atoms with van der Waals surface area (Å²) in [7, 11) is 2.73. The minimum absolute atomic E-state index is 1.37. The molecule has 6 heavy (non-hydrogen) atoms. The van der Waals surface area contributed by atoms with E-state index >= 15 is 0 Å². The molecular formula is C2H6O3Ti. The molecule has 0 atom stereocenters. The van der Waals surface area contributed by atoms with Crippen molar-refractivity contribution in [1.82, 2.24) is 0 Å². The Balaban J connectivity index is 2.99. The second kappa shape index (κ2) is 3.62. The molecular weight excluding hydrogens is 120 g/mol. The van der Waals surface area contributed by atoms with Crippen LogP contribution >= 0.6 is 0 Å².